The van der Waals surface area contributed by atoms with Gasteiger partial charge in [0.2, 0.25) is 0 Å². The van der Waals surface area contributed by atoms with Crippen LogP contribution in [0.25, 0.3) is 98.7 Å². The van der Waals surface area contributed by atoms with Crippen LogP contribution in [-0.4, -0.2) is 14.0 Å². The van der Waals surface area contributed by atoms with Gasteiger partial charge in [-0.2, -0.15) is 5.26 Å². The zero-order valence-electron chi connectivity index (χ0n) is 30.7. The first kappa shape index (κ1) is 31.3. The Bertz CT molecular complexity index is 3480. The average Bonchev–Trinajstić information content (AvgIpc) is 3.72. The number of aryl methyl sites for hydroxylation is 3. The molecular formula is C51H34N4. The fourth-order valence-corrected chi connectivity index (χ4v) is 9.08. The third kappa shape index (κ3) is 4.60. The van der Waals surface area contributed by atoms with Gasteiger partial charge in [0.25, 0.3) is 0 Å². The van der Waals surface area contributed by atoms with E-state index < -0.39 is 0 Å². The maximum Gasteiger partial charge on any atom is 0.0993 e. The number of nitrogens with zero attached hydrogens (tertiary/aromatic N) is 4. The van der Waals surface area contributed by atoms with Crippen molar-refractivity contribution in [2.45, 2.75) is 20.8 Å². The van der Waals surface area contributed by atoms with Gasteiger partial charge in [0.1, 0.15) is 0 Å². The first-order valence-corrected chi connectivity index (χ1v) is 18.8. The summed E-state index contributed by atoms with van der Waals surface area (Å²) in [5.74, 6) is 0. The average molecular weight is 703 g/mol. The van der Waals surface area contributed by atoms with E-state index in [1.165, 1.54) is 38.4 Å². The van der Waals surface area contributed by atoms with Gasteiger partial charge in [0, 0.05) is 38.0 Å². The van der Waals surface area contributed by atoms with Crippen LogP contribution in [0.5, 0.6) is 0 Å². The number of rotatable bonds is 3. The van der Waals surface area contributed by atoms with E-state index in [-0.39, 0.29) is 0 Å². The van der Waals surface area contributed by atoms with Gasteiger partial charge >= 0.3 is 0 Å². The van der Waals surface area contributed by atoms with Crippen LogP contribution < -0.4 is 0 Å². The molecule has 0 saturated carbocycles. The van der Waals surface area contributed by atoms with Crippen molar-refractivity contribution in [1.29, 1.82) is 5.26 Å². The summed E-state index contributed by atoms with van der Waals surface area (Å²) in [6, 6.07) is 57.3. The Morgan fingerprint density at radius 2 is 1.09 bits per heavy atom. The molecule has 4 nitrogen and oxygen atoms in total. The third-order valence-corrected chi connectivity index (χ3v) is 11.6. The Morgan fingerprint density at radius 3 is 1.80 bits per heavy atom. The van der Waals surface area contributed by atoms with E-state index in [0.29, 0.717) is 5.56 Å². The van der Waals surface area contributed by atoms with Crippen molar-refractivity contribution in [3.05, 3.63) is 174 Å². The van der Waals surface area contributed by atoms with Crippen molar-refractivity contribution < 1.29 is 0 Å². The van der Waals surface area contributed by atoms with Crippen LogP contribution in [-0.2, 0) is 0 Å². The lowest BCUT2D eigenvalue weighted by Gasteiger charge is -2.15. The van der Waals surface area contributed by atoms with E-state index in [1.807, 2.05) is 0 Å². The molecule has 0 atom stereocenters. The third-order valence-electron chi connectivity index (χ3n) is 11.6. The summed E-state index contributed by atoms with van der Waals surface area (Å²) in [7, 11) is 0. The Balaban J connectivity index is 1.39. The van der Waals surface area contributed by atoms with Gasteiger partial charge in [-0.3, -0.25) is 4.98 Å². The van der Waals surface area contributed by atoms with Crippen molar-refractivity contribution in [2.24, 2.45) is 0 Å². The molecule has 0 saturated heterocycles. The topological polar surface area (TPSA) is 46.0 Å². The predicted octanol–water partition coefficient (Wildman–Crippen LogP) is 13.2. The van der Waals surface area contributed by atoms with Gasteiger partial charge in [-0.25, -0.2) is 0 Å². The second kappa shape index (κ2) is 11.6. The molecule has 0 unspecified atom stereocenters. The van der Waals surface area contributed by atoms with Gasteiger partial charge in [-0.1, -0.05) is 103 Å². The van der Waals surface area contributed by atoms with Gasteiger partial charge in [0.05, 0.1) is 50.4 Å². The molecule has 0 radical (unpaired) electrons. The highest BCUT2D eigenvalue weighted by atomic mass is 15.0. The summed E-state index contributed by atoms with van der Waals surface area (Å²) < 4.78 is 4.78. The predicted molar refractivity (Wildman–Crippen MR) is 229 cm³/mol. The molecule has 0 spiro atoms. The second-order valence-electron chi connectivity index (χ2n) is 14.9. The lowest BCUT2D eigenvalue weighted by atomic mass is 9.99. The summed E-state index contributed by atoms with van der Waals surface area (Å²) in [4.78, 5) is 5.08. The first-order chi connectivity index (χ1) is 26.9. The lowest BCUT2D eigenvalue weighted by Crippen LogP contribution is -1.99. The lowest BCUT2D eigenvalue weighted by molar-refractivity contribution is 1.19. The summed E-state index contributed by atoms with van der Waals surface area (Å²) in [5, 5.41) is 18.7. The Kier molecular flexibility index (Phi) is 6.63. The summed E-state index contributed by atoms with van der Waals surface area (Å²) in [5.41, 5.74) is 15.9. The smallest absolute Gasteiger partial charge is 0.0993 e. The Labute approximate surface area is 317 Å². The van der Waals surface area contributed by atoms with Crippen LogP contribution in [0.1, 0.15) is 22.4 Å². The summed E-state index contributed by atoms with van der Waals surface area (Å²) in [6.07, 6.45) is 0. The van der Waals surface area contributed by atoms with Crippen LogP contribution in [0, 0.1) is 32.1 Å². The van der Waals surface area contributed by atoms with E-state index in [9.17, 15) is 5.26 Å². The highest BCUT2D eigenvalue weighted by Gasteiger charge is 2.20. The summed E-state index contributed by atoms with van der Waals surface area (Å²) >= 11 is 0. The van der Waals surface area contributed by atoms with Crippen LogP contribution in [0.15, 0.2) is 152 Å². The second-order valence-corrected chi connectivity index (χ2v) is 14.9. The molecule has 7 aromatic carbocycles. The molecular weight excluding hydrogens is 669 g/mol. The minimum atomic E-state index is 0.598. The van der Waals surface area contributed by atoms with Crippen LogP contribution in [0.3, 0.4) is 0 Å². The zero-order valence-corrected chi connectivity index (χ0v) is 30.7. The number of hydrogen-bond acceptors (Lipinski definition) is 2. The number of nitriles is 1. The van der Waals surface area contributed by atoms with Crippen molar-refractivity contribution in [2.75, 3.05) is 0 Å². The highest BCUT2D eigenvalue weighted by Crippen LogP contribution is 2.41. The van der Waals surface area contributed by atoms with Crippen LogP contribution in [0.2, 0.25) is 0 Å². The number of fused-ring (bicyclic) bond motifs is 13. The van der Waals surface area contributed by atoms with Crippen molar-refractivity contribution >= 4 is 70.8 Å². The Hall–Kier alpha value is -7.22. The van der Waals surface area contributed by atoms with Crippen molar-refractivity contribution in [3.8, 4) is 34.0 Å². The van der Waals surface area contributed by atoms with E-state index in [0.717, 1.165) is 77.2 Å². The highest BCUT2D eigenvalue weighted by molar-refractivity contribution is 6.17. The maximum atomic E-state index is 10.8. The molecule has 0 aliphatic rings. The molecule has 11 aromatic rings. The molecule has 258 valence electrons. The molecule has 4 heterocycles. The molecule has 0 aliphatic heterocycles. The van der Waals surface area contributed by atoms with Crippen LogP contribution >= 0.6 is 0 Å². The quantitative estimate of drug-likeness (QED) is 0.184. The van der Waals surface area contributed by atoms with E-state index in [4.69, 9.17) is 4.98 Å². The molecule has 11 rings (SSSR count). The first-order valence-electron chi connectivity index (χ1n) is 18.8. The van der Waals surface area contributed by atoms with E-state index >= 15 is 0 Å². The molecule has 55 heavy (non-hydrogen) atoms. The zero-order chi connectivity index (χ0) is 36.9. The number of pyridine rings is 1. The number of benzene rings is 7. The normalized spacial score (nSPS) is 11.9. The molecule has 0 amide bonds. The van der Waals surface area contributed by atoms with Gasteiger partial charge in [-0.15, -0.1) is 0 Å². The maximum absolute atomic E-state index is 10.8. The molecule has 0 aliphatic carbocycles. The standard InChI is InChI=1S/C51H34N4/c1-30-10-4-6-12-38(30)34-16-19-41-40-14-8-9-15-45(40)54(46(41)26-34)49-23-33(29-52)24-50-51(49)37-22-32(3)53-44(25-37)36-18-21-43-42-20-17-35(39-13-7-5-11-31(39)2)27-47(42)55(50)48(43)28-36/h4-28H,1-3H3. The fourth-order valence-electron chi connectivity index (χ4n) is 9.08. The molecule has 4 heteroatoms. The minimum Gasteiger partial charge on any atom is -0.308 e. The van der Waals surface area contributed by atoms with E-state index in [1.54, 1.807) is 0 Å². The van der Waals surface area contributed by atoms with Crippen molar-refractivity contribution in [3.63, 3.8) is 0 Å². The molecule has 0 N–H and O–H groups in total. The molecule has 0 fully saturated rings. The largest absolute Gasteiger partial charge is 0.308 e. The SMILES string of the molecule is Cc1cc2cc(n1)c1ccc3c4ccc(-c5ccccc5C)cc4n(c3c1)c1cc(C#N)cc(-n3c4ccccc4c4ccc(-c5ccccc5C)cc43)c21. The Morgan fingerprint density at radius 1 is 0.491 bits per heavy atom. The van der Waals surface area contributed by atoms with E-state index in [2.05, 4.69) is 187 Å². The number of hydrogen-bond donors (Lipinski definition) is 0. The van der Waals surface area contributed by atoms with Gasteiger partial charge < -0.3 is 8.97 Å². The van der Waals surface area contributed by atoms with Crippen molar-refractivity contribution in [1.82, 2.24) is 14.0 Å². The summed E-state index contributed by atoms with van der Waals surface area (Å²) in [6.45, 7) is 6.41. The number of aromatic nitrogens is 3. The van der Waals surface area contributed by atoms with Gasteiger partial charge in [0.15, 0.2) is 0 Å². The van der Waals surface area contributed by atoms with Gasteiger partial charge in [-0.05, 0) is 108 Å². The molecule has 4 aromatic heterocycles. The minimum absolute atomic E-state index is 0.598. The molecule has 4 bridgehead atoms. The number of para-hydroxylation sites is 1. The monoisotopic (exact) mass is 702 g/mol. The van der Waals surface area contributed by atoms with Crippen LogP contribution in [0.4, 0.5) is 0 Å². The fraction of sp³-hybridized carbons (Fsp3) is 0.0588.